The van der Waals surface area contributed by atoms with E-state index in [0.29, 0.717) is 29.4 Å². The maximum Gasteiger partial charge on any atom is 0.102 e. The number of hydrogen-bond donors (Lipinski definition) is 1. The number of nitriles is 1. The van der Waals surface area contributed by atoms with Crippen molar-refractivity contribution >= 4 is 0 Å². The maximum absolute atomic E-state index is 11.5. The smallest absolute Gasteiger partial charge is 0.102 e. The molecule has 4 fully saturated rings. The number of nitrogens with zero attached hydrogens (tertiary/aromatic N) is 3. The molecule has 0 amide bonds. The SMILES string of the molecule is CC.CC12CCCCC1CCC1C2CCC2[C@H]1CC[C@@H]2[C@@](C)(O)Cn1cc(C#N)cn1.CCCC. The Morgan fingerprint density at radius 3 is 2.37 bits per heavy atom. The molecule has 4 aliphatic carbocycles. The predicted octanol–water partition coefficient (Wildman–Crippen LogP) is 8.00. The Kier molecular flexibility index (Phi) is 9.90. The highest BCUT2D eigenvalue weighted by Crippen LogP contribution is 2.64. The van der Waals surface area contributed by atoms with Crippen LogP contribution in [0.1, 0.15) is 124 Å². The first-order valence-electron chi connectivity index (χ1n) is 15.0. The molecule has 4 saturated carbocycles. The van der Waals surface area contributed by atoms with Crippen molar-refractivity contribution in [2.75, 3.05) is 0 Å². The second kappa shape index (κ2) is 12.3. The fourth-order valence-corrected chi connectivity index (χ4v) is 8.68. The van der Waals surface area contributed by atoms with Crippen LogP contribution in [0.4, 0.5) is 0 Å². The highest BCUT2D eigenvalue weighted by molar-refractivity contribution is 5.21. The summed E-state index contributed by atoms with van der Waals surface area (Å²) < 4.78 is 1.77. The molecule has 0 radical (unpaired) electrons. The molecule has 5 unspecified atom stereocenters. The Morgan fingerprint density at radius 1 is 1.03 bits per heavy atom. The lowest BCUT2D eigenvalue weighted by Gasteiger charge is -2.58. The van der Waals surface area contributed by atoms with Gasteiger partial charge in [-0.15, -0.1) is 0 Å². The standard InChI is InChI=1S/C25H37N3O.C4H10.C2H6/c1-24-12-4-3-5-18(24)6-7-20-19-8-11-23(21(19)9-10-22(20)24)25(2,29)16-28-15-17(13-26)14-27-28;1-3-4-2;1-2/h14-15,18-23,29H,3-12,16H2,1-2H3;3-4H2,1-2H3;1-2H3/t18?,19-,20?,21?,22?,23-,24?,25-;;/m0../s1. The average Bonchev–Trinajstić information content (AvgIpc) is 3.52. The third kappa shape index (κ3) is 5.82. The lowest BCUT2D eigenvalue weighted by molar-refractivity contribution is -0.103. The minimum atomic E-state index is -0.753. The van der Waals surface area contributed by atoms with Crippen molar-refractivity contribution in [2.24, 2.45) is 40.9 Å². The summed E-state index contributed by atoms with van der Waals surface area (Å²) in [5, 5.41) is 24.8. The van der Waals surface area contributed by atoms with E-state index in [9.17, 15) is 5.11 Å². The number of rotatable bonds is 4. The van der Waals surface area contributed by atoms with Crippen molar-refractivity contribution in [3.8, 4) is 6.07 Å². The van der Waals surface area contributed by atoms with Crippen molar-refractivity contribution in [3.05, 3.63) is 18.0 Å². The zero-order chi connectivity index (χ0) is 25.6. The fourth-order valence-electron chi connectivity index (χ4n) is 8.68. The second-order valence-corrected chi connectivity index (χ2v) is 12.3. The van der Waals surface area contributed by atoms with Crippen LogP contribution in [0.25, 0.3) is 0 Å². The lowest BCUT2D eigenvalue weighted by atomic mass is 9.47. The van der Waals surface area contributed by atoms with Gasteiger partial charge in [0.05, 0.1) is 23.9 Å². The zero-order valence-corrected chi connectivity index (χ0v) is 23.6. The molecule has 35 heavy (non-hydrogen) atoms. The molecule has 4 heteroatoms. The molecule has 4 nitrogen and oxygen atoms in total. The molecule has 5 rings (SSSR count). The summed E-state index contributed by atoms with van der Waals surface area (Å²) >= 11 is 0. The monoisotopic (exact) mass is 483 g/mol. The van der Waals surface area contributed by atoms with E-state index in [4.69, 9.17) is 5.26 Å². The summed E-state index contributed by atoms with van der Waals surface area (Å²) in [6, 6.07) is 2.14. The van der Waals surface area contributed by atoms with Crippen LogP contribution in [-0.4, -0.2) is 20.5 Å². The lowest BCUT2D eigenvalue weighted by Crippen LogP contribution is -2.51. The summed E-state index contributed by atoms with van der Waals surface area (Å²) in [4.78, 5) is 0. The van der Waals surface area contributed by atoms with Crippen molar-refractivity contribution in [2.45, 2.75) is 131 Å². The summed E-state index contributed by atoms with van der Waals surface area (Å²) in [6.45, 7) is 13.5. The van der Waals surface area contributed by atoms with E-state index in [1.54, 1.807) is 17.1 Å². The molecule has 0 aromatic carbocycles. The van der Waals surface area contributed by atoms with Crippen LogP contribution < -0.4 is 0 Å². The van der Waals surface area contributed by atoms with Gasteiger partial charge in [0.15, 0.2) is 0 Å². The third-order valence-corrected chi connectivity index (χ3v) is 10.4. The fraction of sp³-hybridized carbons (Fsp3) is 0.871. The first-order chi connectivity index (χ1) is 16.8. The Morgan fingerprint density at radius 2 is 1.71 bits per heavy atom. The molecule has 1 N–H and O–H groups in total. The van der Waals surface area contributed by atoms with Crippen LogP contribution in [0.5, 0.6) is 0 Å². The summed E-state index contributed by atoms with van der Waals surface area (Å²) in [5.41, 5.74) is 0.412. The van der Waals surface area contributed by atoms with E-state index in [1.165, 1.54) is 70.6 Å². The van der Waals surface area contributed by atoms with Gasteiger partial charge in [-0.2, -0.15) is 10.4 Å². The van der Waals surface area contributed by atoms with Gasteiger partial charge in [-0.25, -0.2) is 0 Å². The van der Waals surface area contributed by atoms with E-state index >= 15 is 0 Å². The first kappa shape index (κ1) is 28.2. The minimum Gasteiger partial charge on any atom is -0.388 e. The number of hydrogen-bond acceptors (Lipinski definition) is 3. The van der Waals surface area contributed by atoms with Crippen LogP contribution >= 0.6 is 0 Å². The summed E-state index contributed by atoms with van der Waals surface area (Å²) in [6.07, 6.45) is 19.9. The van der Waals surface area contributed by atoms with Gasteiger partial charge in [-0.3, -0.25) is 4.68 Å². The van der Waals surface area contributed by atoms with Crippen molar-refractivity contribution < 1.29 is 5.11 Å². The van der Waals surface area contributed by atoms with Gasteiger partial charge in [-0.1, -0.05) is 60.3 Å². The van der Waals surface area contributed by atoms with Crippen LogP contribution in [-0.2, 0) is 6.54 Å². The maximum atomic E-state index is 11.5. The third-order valence-electron chi connectivity index (χ3n) is 10.4. The largest absolute Gasteiger partial charge is 0.388 e. The molecule has 0 spiro atoms. The summed E-state index contributed by atoms with van der Waals surface area (Å²) in [7, 11) is 0. The van der Waals surface area contributed by atoms with Crippen LogP contribution in [0, 0.1) is 52.3 Å². The van der Waals surface area contributed by atoms with Crippen molar-refractivity contribution in [3.63, 3.8) is 0 Å². The molecule has 0 aliphatic heterocycles. The normalized spacial score (nSPS) is 37.1. The molecule has 1 aromatic heterocycles. The molecule has 8 atom stereocenters. The number of aromatic nitrogens is 2. The van der Waals surface area contributed by atoms with Crippen LogP contribution in [0.15, 0.2) is 12.4 Å². The van der Waals surface area contributed by atoms with Crippen molar-refractivity contribution in [1.82, 2.24) is 9.78 Å². The molecule has 4 aliphatic rings. The van der Waals surface area contributed by atoms with Gasteiger partial charge in [0.2, 0.25) is 0 Å². The number of unbranched alkanes of at least 4 members (excludes halogenated alkanes) is 1. The molecule has 1 heterocycles. The van der Waals surface area contributed by atoms with Gasteiger partial charge in [0.1, 0.15) is 6.07 Å². The summed E-state index contributed by atoms with van der Waals surface area (Å²) in [5.74, 6) is 4.64. The van der Waals surface area contributed by atoms with E-state index in [0.717, 1.165) is 30.1 Å². The molecular weight excluding hydrogens is 430 g/mol. The highest BCUT2D eigenvalue weighted by Gasteiger charge is 2.57. The molecule has 0 saturated heterocycles. The quantitative estimate of drug-likeness (QED) is 0.472. The van der Waals surface area contributed by atoms with E-state index < -0.39 is 5.60 Å². The van der Waals surface area contributed by atoms with Gasteiger partial charge in [-0.05, 0) is 99.2 Å². The highest BCUT2D eigenvalue weighted by atomic mass is 16.3. The molecule has 198 valence electrons. The molecule has 0 bridgehead atoms. The Balaban J connectivity index is 0.000000521. The minimum absolute atomic E-state index is 0.361. The topological polar surface area (TPSA) is 61.8 Å². The predicted molar refractivity (Wildman–Crippen MR) is 145 cm³/mol. The van der Waals surface area contributed by atoms with E-state index in [2.05, 4.69) is 31.9 Å². The first-order valence-corrected chi connectivity index (χ1v) is 15.0. The van der Waals surface area contributed by atoms with Crippen LogP contribution in [0.2, 0.25) is 0 Å². The van der Waals surface area contributed by atoms with Gasteiger partial charge < -0.3 is 5.11 Å². The Hall–Kier alpha value is -1.34. The van der Waals surface area contributed by atoms with Gasteiger partial charge in [0, 0.05) is 6.20 Å². The molecule has 1 aromatic rings. The van der Waals surface area contributed by atoms with Crippen molar-refractivity contribution in [1.29, 1.82) is 5.26 Å². The molecular formula is C31H53N3O. The average molecular weight is 484 g/mol. The Labute approximate surface area is 215 Å². The van der Waals surface area contributed by atoms with E-state index in [1.807, 2.05) is 20.8 Å². The van der Waals surface area contributed by atoms with E-state index in [-0.39, 0.29) is 0 Å². The second-order valence-electron chi connectivity index (χ2n) is 12.3. The van der Waals surface area contributed by atoms with Gasteiger partial charge in [0.25, 0.3) is 0 Å². The number of aliphatic hydroxyl groups is 1. The van der Waals surface area contributed by atoms with Crippen LogP contribution in [0.3, 0.4) is 0 Å². The number of fused-ring (bicyclic) bond motifs is 5. The Bertz CT molecular complexity index is 821. The zero-order valence-electron chi connectivity index (χ0n) is 23.6. The van der Waals surface area contributed by atoms with Gasteiger partial charge >= 0.3 is 0 Å².